The van der Waals surface area contributed by atoms with Crippen molar-refractivity contribution in [3.8, 4) is 0 Å². The van der Waals surface area contributed by atoms with Gasteiger partial charge >= 0.3 is 11.9 Å². The Balaban J connectivity index is 1.46. The molecule has 6 heteroatoms. The van der Waals surface area contributed by atoms with Crippen molar-refractivity contribution in [2.75, 3.05) is 6.61 Å². The lowest BCUT2D eigenvalue weighted by molar-refractivity contribution is -0.301. The van der Waals surface area contributed by atoms with Gasteiger partial charge in [-0.05, 0) is 98.5 Å². The van der Waals surface area contributed by atoms with Crippen molar-refractivity contribution in [3.05, 3.63) is 47.5 Å². The zero-order valence-corrected chi connectivity index (χ0v) is 29.0. The number of hydrogen-bond acceptors (Lipinski definition) is 6. The van der Waals surface area contributed by atoms with E-state index in [4.69, 9.17) is 9.47 Å². The van der Waals surface area contributed by atoms with E-state index in [2.05, 4.69) is 51.1 Å². The lowest BCUT2D eigenvalue weighted by Crippen LogP contribution is -2.73. The van der Waals surface area contributed by atoms with Crippen LogP contribution in [0.4, 0.5) is 0 Å². The zero-order chi connectivity index (χ0) is 33.0. The fourth-order valence-electron chi connectivity index (χ4n) is 10.8. The number of aliphatic hydroxyl groups excluding tert-OH is 1. The summed E-state index contributed by atoms with van der Waals surface area (Å²) < 4.78 is 11.5. The molecule has 3 fully saturated rings. The number of esters is 2. The van der Waals surface area contributed by atoms with Crippen LogP contribution in [0.5, 0.6) is 0 Å². The summed E-state index contributed by atoms with van der Waals surface area (Å²) in [5.74, 6) is 0.106. The third kappa shape index (κ3) is 7.14. The van der Waals surface area contributed by atoms with Crippen LogP contribution in [0.25, 0.3) is 0 Å². The van der Waals surface area contributed by atoms with Crippen molar-refractivity contribution in [1.29, 1.82) is 0 Å². The number of aryl methyl sites for hydroxylation is 1. The Morgan fingerprint density at radius 3 is 2.43 bits per heavy atom. The molecular formula is C40H60O6. The second kappa shape index (κ2) is 14.9. The van der Waals surface area contributed by atoms with Gasteiger partial charge in [0.25, 0.3) is 0 Å². The standard InChI is InChI=1S/C40H60O6/c1-28(13-11-17-31-15-7-5-8-16-31)14-12-22-39-35(42)21-23-38(4,33-18-9-6-10-19-33)37(39)34(46-30(3)41)25-29(2)40(39,44)24-20-32-26-36(43)45-27-32/h5,7-8,15-16,26,28-29,33-35,37,42,44H,6,9-14,17-25,27H2,1-4H3. The predicted molar refractivity (Wildman–Crippen MR) is 181 cm³/mol. The molecule has 0 bridgehead atoms. The van der Waals surface area contributed by atoms with Gasteiger partial charge in [-0.2, -0.15) is 0 Å². The number of carbonyl (C=O) groups excluding carboxylic acids is 2. The second-order valence-corrected chi connectivity index (χ2v) is 15.9. The number of rotatable bonds is 13. The number of ether oxygens (including phenoxy) is 2. The average Bonchev–Trinajstić information content (AvgIpc) is 3.46. The molecule has 1 aromatic carbocycles. The highest BCUT2D eigenvalue weighted by atomic mass is 16.5. The van der Waals surface area contributed by atoms with E-state index in [1.165, 1.54) is 31.7 Å². The van der Waals surface area contributed by atoms with Crippen molar-refractivity contribution < 1.29 is 29.3 Å². The molecular weight excluding hydrogens is 576 g/mol. The fraction of sp³-hybridized carbons (Fsp3) is 0.750. The summed E-state index contributed by atoms with van der Waals surface area (Å²) in [5, 5.41) is 25.6. The lowest BCUT2D eigenvalue weighted by atomic mass is 9.38. The minimum Gasteiger partial charge on any atom is -0.462 e. The van der Waals surface area contributed by atoms with Crippen LogP contribution in [-0.2, 0) is 25.5 Å². The molecule has 3 aliphatic carbocycles. The number of aliphatic hydroxyl groups is 2. The van der Waals surface area contributed by atoms with Crippen LogP contribution in [0, 0.1) is 34.5 Å². The highest BCUT2D eigenvalue weighted by molar-refractivity contribution is 5.85. The van der Waals surface area contributed by atoms with Crippen molar-refractivity contribution in [2.24, 2.45) is 34.5 Å². The van der Waals surface area contributed by atoms with Gasteiger partial charge in [0.05, 0.1) is 11.7 Å². The van der Waals surface area contributed by atoms with E-state index in [0.29, 0.717) is 43.9 Å². The first-order valence-corrected chi connectivity index (χ1v) is 18.5. The second-order valence-electron chi connectivity index (χ2n) is 15.9. The van der Waals surface area contributed by atoms with E-state index < -0.39 is 17.1 Å². The van der Waals surface area contributed by atoms with Crippen LogP contribution in [0.2, 0.25) is 0 Å². The minimum atomic E-state index is -1.17. The quantitative estimate of drug-likeness (QED) is 0.213. The van der Waals surface area contributed by atoms with E-state index in [1.54, 1.807) is 6.08 Å². The molecule has 2 N–H and O–H groups in total. The Morgan fingerprint density at radius 2 is 1.76 bits per heavy atom. The van der Waals surface area contributed by atoms with Crippen molar-refractivity contribution in [1.82, 2.24) is 0 Å². The number of fused-ring (bicyclic) bond motifs is 1. The SMILES string of the molecule is CC(=O)OC1CC(C)C(O)(CCC2=CC(=O)OC2)C2(CCCC(C)CCCc3ccccc3)C(O)CCC(C)(C3CCCCC3)C12. The summed E-state index contributed by atoms with van der Waals surface area (Å²) in [7, 11) is 0. The van der Waals surface area contributed by atoms with E-state index in [-0.39, 0.29) is 41.9 Å². The molecule has 46 heavy (non-hydrogen) atoms. The van der Waals surface area contributed by atoms with Gasteiger partial charge in [0, 0.05) is 24.3 Å². The fourth-order valence-corrected chi connectivity index (χ4v) is 10.8. The molecule has 1 aromatic rings. The third-order valence-corrected chi connectivity index (χ3v) is 13.1. The number of cyclic esters (lactones) is 1. The monoisotopic (exact) mass is 636 g/mol. The maximum absolute atomic E-state index is 13.2. The normalized spacial score (nSPS) is 35.6. The maximum atomic E-state index is 13.2. The highest BCUT2D eigenvalue weighted by Gasteiger charge is 2.71. The summed E-state index contributed by atoms with van der Waals surface area (Å²) in [6.45, 7) is 8.61. The molecule has 0 saturated heterocycles. The Kier molecular flexibility index (Phi) is 11.4. The number of hydrogen-bond donors (Lipinski definition) is 2. The lowest BCUT2D eigenvalue weighted by Gasteiger charge is -2.69. The van der Waals surface area contributed by atoms with Gasteiger partial charge in [0.15, 0.2) is 0 Å². The zero-order valence-electron chi connectivity index (χ0n) is 29.0. The Morgan fingerprint density at radius 1 is 1.04 bits per heavy atom. The summed E-state index contributed by atoms with van der Waals surface area (Å²) in [5.41, 5.74) is 0.148. The van der Waals surface area contributed by atoms with Crippen LogP contribution < -0.4 is 0 Å². The van der Waals surface area contributed by atoms with Gasteiger partial charge < -0.3 is 19.7 Å². The molecule has 0 spiro atoms. The summed E-state index contributed by atoms with van der Waals surface area (Å²) in [6, 6.07) is 10.7. The predicted octanol–water partition coefficient (Wildman–Crippen LogP) is 8.13. The first kappa shape index (κ1) is 35.1. The molecule has 5 rings (SSSR count). The first-order valence-electron chi connectivity index (χ1n) is 18.5. The van der Waals surface area contributed by atoms with Gasteiger partial charge in [0.1, 0.15) is 12.7 Å². The molecule has 6 nitrogen and oxygen atoms in total. The summed E-state index contributed by atoms with van der Waals surface area (Å²) >= 11 is 0. The molecule has 256 valence electrons. The number of benzene rings is 1. The van der Waals surface area contributed by atoms with Gasteiger partial charge in [-0.15, -0.1) is 0 Å². The molecule has 1 aliphatic heterocycles. The van der Waals surface area contributed by atoms with Crippen LogP contribution in [0.3, 0.4) is 0 Å². The van der Waals surface area contributed by atoms with Crippen molar-refractivity contribution >= 4 is 11.9 Å². The van der Waals surface area contributed by atoms with E-state index in [0.717, 1.165) is 56.9 Å². The van der Waals surface area contributed by atoms with Crippen molar-refractivity contribution in [3.63, 3.8) is 0 Å². The van der Waals surface area contributed by atoms with E-state index in [9.17, 15) is 19.8 Å². The molecule has 0 amide bonds. The topological polar surface area (TPSA) is 93.1 Å². The molecule has 4 aliphatic rings. The Labute approximate surface area is 277 Å². The maximum Gasteiger partial charge on any atom is 0.331 e. The van der Waals surface area contributed by atoms with Gasteiger partial charge in [0.2, 0.25) is 0 Å². The molecule has 1 heterocycles. The number of carbonyl (C=O) groups is 2. The largest absolute Gasteiger partial charge is 0.462 e. The van der Waals surface area contributed by atoms with Crippen LogP contribution in [-0.4, -0.2) is 46.6 Å². The average molecular weight is 637 g/mol. The van der Waals surface area contributed by atoms with Gasteiger partial charge in [-0.25, -0.2) is 4.79 Å². The Bertz CT molecular complexity index is 1210. The smallest absolute Gasteiger partial charge is 0.331 e. The molecule has 0 aromatic heterocycles. The van der Waals surface area contributed by atoms with Crippen LogP contribution in [0.1, 0.15) is 130 Å². The van der Waals surface area contributed by atoms with Gasteiger partial charge in [-0.3, -0.25) is 4.79 Å². The summed E-state index contributed by atoms with van der Waals surface area (Å²) in [4.78, 5) is 24.6. The summed E-state index contributed by atoms with van der Waals surface area (Å²) in [6.07, 6.45) is 15.7. The van der Waals surface area contributed by atoms with Crippen LogP contribution in [0.15, 0.2) is 42.0 Å². The molecule has 8 atom stereocenters. The molecule has 8 unspecified atom stereocenters. The Hall–Kier alpha value is -2.18. The first-order chi connectivity index (χ1) is 22.0. The van der Waals surface area contributed by atoms with Crippen LogP contribution >= 0.6 is 0 Å². The molecule has 0 radical (unpaired) electrons. The van der Waals surface area contributed by atoms with Crippen molar-refractivity contribution in [2.45, 2.75) is 148 Å². The minimum absolute atomic E-state index is 0.138. The molecule has 3 saturated carbocycles. The third-order valence-electron chi connectivity index (χ3n) is 13.1. The van der Waals surface area contributed by atoms with E-state index in [1.807, 2.05) is 0 Å². The van der Waals surface area contributed by atoms with E-state index >= 15 is 0 Å². The van der Waals surface area contributed by atoms with Gasteiger partial charge in [-0.1, -0.05) is 89.6 Å². The highest BCUT2D eigenvalue weighted by Crippen LogP contribution is 2.69.